The van der Waals surface area contributed by atoms with E-state index in [0.29, 0.717) is 25.0 Å². The first-order valence-corrected chi connectivity index (χ1v) is 5.39. The molecule has 2 N–H and O–H groups in total. The van der Waals surface area contributed by atoms with Gasteiger partial charge in [-0.15, -0.1) is 0 Å². The maximum absolute atomic E-state index is 11.5. The lowest BCUT2D eigenvalue weighted by Crippen LogP contribution is -2.25. The highest BCUT2D eigenvalue weighted by atomic mass is 16.6. The lowest BCUT2D eigenvalue weighted by atomic mass is 10.2. The third kappa shape index (κ3) is 4.42. The number of amides is 1. The van der Waals surface area contributed by atoms with Gasteiger partial charge in [0, 0.05) is 5.56 Å². The molecule has 1 rings (SSSR count). The van der Waals surface area contributed by atoms with Crippen molar-refractivity contribution in [2.75, 3.05) is 6.61 Å². The van der Waals surface area contributed by atoms with Gasteiger partial charge < -0.3 is 5.11 Å². The van der Waals surface area contributed by atoms with Gasteiger partial charge in [0.15, 0.2) is 0 Å². The molecule has 4 nitrogen and oxygen atoms in total. The number of aliphatic hydroxyl groups excluding tert-OH is 1. The largest absolute Gasteiger partial charge is 0.393 e. The van der Waals surface area contributed by atoms with Gasteiger partial charge in [-0.25, -0.2) is 5.48 Å². The number of hydrogen-bond acceptors (Lipinski definition) is 3. The van der Waals surface area contributed by atoms with Crippen LogP contribution in [-0.4, -0.2) is 23.7 Å². The van der Waals surface area contributed by atoms with Crippen LogP contribution in [-0.2, 0) is 4.84 Å². The fourth-order valence-electron chi connectivity index (χ4n) is 1.16. The molecule has 1 unspecified atom stereocenters. The quantitative estimate of drug-likeness (QED) is 0.567. The molecule has 0 bridgehead atoms. The average molecular weight is 223 g/mol. The van der Waals surface area contributed by atoms with E-state index in [1.165, 1.54) is 0 Å². The summed E-state index contributed by atoms with van der Waals surface area (Å²) in [5, 5.41) is 9.25. The number of rotatable bonds is 6. The van der Waals surface area contributed by atoms with Crippen LogP contribution >= 0.6 is 0 Å². The Morgan fingerprint density at radius 1 is 1.44 bits per heavy atom. The second-order valence-electron chi connectivity index (χ2n) is 3.50. The van der Waals surface area contributed by atoms with Gasteiger partial charge in [0.25, 0.3) is 5.91 Å². The molecule has 0 saturated heterocycles. The van der Waals surface area contributed by atoms with Gasteiger partial charge in [0.05, 0.1) is 12.7 Å². The summed E-state index contributed by atoms with van der Waals surface area (Å²) >= 11 is 0. The van der Waals surface area contributed by atoms with Crippen LogP contribution in [0.1, 0.15) is 30.1 Å². The van der Waals surface area contributed by atoms with E-state index in [4.69, 9.17) is 4.84 Å². The molecule has 16 heavy (non-hydrogen) atoms. The highest BCUT2D eigenvalue weighted by Gasteiger charge is 2.04. The highest BCUT2D eigenvalue weighted by Crippen LogP contribution is 1.99. The van der Waals surface area contributed by atoms with Crippen LogP contribution in [0.3, 0.4) is 0 Å². The van der Waals surface area contributed by atoms with E-state index < -0.39 is 0 Å². The number of nitrogens with one attached hydrogen (secondary N) is 1. The van der Waals surface area contributed by atoms with E-state index in [2.05, 4.69) is 5.48 Å². The van der Waals surface area contributed by atoms with E-state index in [1.54, 1.807) is 24.3 Å². The number of hydrogen-bond donors (Lipinski definition) is 2. The summed E-state index contributed by atoms with van der Waals surface area (Å²) in [6.07, 6.45) is 0.843. The van der Waals surface area contributed by atoms with Crippen LogP contribution in [0.4, 0.5) is 0 Å². The van der Waals surface area contributed by atoms with Crippen LogP contribution in [0.5, 0.6) is 0 Å². The molecule has 1 aromatic carbocycles. The van der Waals surface area contributed by atoms with E-state index in [1.807, 2.05) is 13.0 Å². The smallest absolute Gasteiger partial charge is 0.274 e. The summed E-state index contributed by atoms with van der Waals surface area (Å²) < 4.78 is 0. The van der Waals surface area contributed by atoms with Crippen LogP contribution in [0.15, 0.2) is 30.3 Å². The van der Waals surface area contributed by atoms with Gasteiger partial charge >= 0.3 is 0 Å². The molecule has 0 fully saturated rings. The van der Waals surface area contributed by atoms with Crippen LogP contribution in [0.25, 0.3) is 0 Å². The molecule has 0 radical (unpaired) electrons. The minimum absolute atomic E-state index is 0.272. The van der Waals surface area contributed by atoms with E-state index in [0.717, 1.165) is 0 Å². The van der Waals surface area contributed by atoms with Crippen LogP contribution in [0, 0.1) is 0 Å². The van der Waals surface area contributed by atoms with Crippen molar-refractivity contribution in [2.45, 2.75) is 25.9 Å². The number of aliphatic hydroxyl groups is 1. The van der Waals surface area contributed by atoms with Crippen molar-refractivity contribution in [3.05, 3.63) is 35.9 Å². The molecule has 0 saturated carbocycles. The zero-order chi connectivity index (χ0) is 11.8. The van der Waals surface area contributed by atoms with E-state index in [-0.39, 0.29) is 12.0 Å². The number of hydroxylamine groups is 1. The Morgan fingerprint density at radius 3 is 2.75 bits per heavy atom. The molecule has 1 aromatic rings. The fraction of sp³-hybridized carbons (Fsp3) is 0.417. The lowest BCUT2D eigenvalue weighted by molar-refractivity contribution is 0.0161. The zero-order valence-electron chi connectivity index (χ0n) is 9.35. The summed E-state index contributed by atoms with van der Waals surface area (Å²) in [5.74, 6) is -0.272. The normalized spacial score (nSPS) is 12.1. The molecule has 0 heterocycles. The van der Waals surface area contributed by atoms with Gasteiger partial charge in [-0.1, -0.05) is 25.1 Å². The SMILES string of the molecule is CCC(O)CCONC(=O)c1ccccc1. The molecule has 88 valence electrons. The molecule has 4 heteroatoms. The first-order valence-electron chi connectivity index (χ1n) is 5.39. The van der Waals surface area contributed by atoms with Gasteiger partial charge in [0.1, 0.15) is 0 Å². The van der Waals surface area contributed by atoms with Crippen LogP contribution in [0.2, 0.25) is 0 Å². The summed E-state index contributed by atoms with van der Waals surface area (Å²) in [5.41, 5.74) is 2.88. The fourth-order valence-corrected chi connectivity index (χ4v) is 1.16. The van der Waals surface area contributed by atoms with Crippen molar-refractivity contribution in [1.82, 2.24) is 5.48 Å². The molecule has 1 amide bonds. The number of carbonyl (C=O) groups excluding carboxylic acids is 1. The monoisotopic (exact) mass is 223 g/mol. The van der Waals surface area contributed by atoms with Crippen molar-refractivity contribution in [2.24, 2.45) is 0 Å². The van der Waals surface area contributed by atoms with Crippen LogP contribution < -0.4 is 5.48 Å². The standard InChI is InChI=1S/C12H17NO3/c1-2-11(14)8-9-16-13-12(15)10-6-4-3-5-7-10/h3-7,11,14H,2,8-9H2,1H3,(H,13,15). The number of benzene rings is 1. The Bertz CT molecular complexity index is 313. The van der Waals surface area contributed by atoms with E-state index in [9.17, 15) is 9.90 Å². The second-order valence-corrected chi connectivity index (χ2v) is 3.50. The summed E-state index contributed by atoms with van der Waals surface area (Å²) in [6, 6.07) is 8.83. The highest BCUT2D eigenvalue weighted by molar-refractivity contribution is 5.93. The van der Waals surface area contributed by atoms with Crippen molar-refractivity contribution in [3.63, 3.8) is 0 Å². The maximum atomic E-state index is 11.5. The third-order valence-corrected chi connectivity index (χ3v) is 2.23. The topological polar surface area (TPSA) is 58.6 Å². The van der Waals surface area contributed by atoms with Crippen molar-refractivity contribution in [1.29, 1.82) is 0 Å². The summed E-state index contributed by atoms with van der Waals surface area (Å²) in [7, 11) is 0. The van der Waals surface area contributed by atoms with Gasteiger partial charge in [-0.05, 0) is 25.0 Å². The Morgan fingerprint density at radius 2 is 2.12 bits per heavy atom. The summed E-state index contributed by atoms with van der Waals surface area (Å²) in [6.45, 7) is 2.21. The average Bonchev–Trinajstić information content (AvgIpc) is 2.35. The van der Waals surface area contributed by atoms with E-state index >= 15 is 0 Å². The zero-order valence-corrected chi connectivity index (χ0v) is 9.35. The molecule has 0 spiro atoms. The summed E-state index contributed by atoms with van der Waals surface area (Å²) in [4.78, 5) is 16.4. The molecular formula is C12H17NO3. The Hall–Kier alpha value is -1.39. The minimum atomic E-state index is -0.367. The third-order valence-electron chi connectivity index (χ3n) is 2.23. The molecule has 1 atom stereocenters. The lowest BCUT2D eigenvalue weighted by Gasteiger charge is -2.08. The van der Waals surface area contributed by atoms with Crippen molar-refractivity contribution in [3.8, 4) is 0 Å². The molecule has 0 aliphatic carbocycles. The molecule has 0 aliphatic rings. The Kier molecular flexibility index (Phi) is 5.53. The number of carbonyl (C=O) groups is 1. The first-order chi connectivity index (χ1) is 7.74. The Balaban J connectivity index is 2.21. The minimum Gasteiger partial charge on any atom is -0.393 e. The van der Waals surface area contributed by atoms with Crippen molar-refractivity contribution < 1.29 is 14.7 Å². The molecule has 0 aromatic heterocycles. The second kappa shape index (κ2) is 6.98. The Labute approximate surface area is 95.2 Å². The van der Waals surface area contributed by atoms with Gasteiger partial charge in [0.2, 0.25) is 0 Å². The van der Waals surface area contributed by atoms with Gasteiger partial charge in [-0.2, -0.15) is 0 Å². The maximum Gasteiger partial charge on any atom is 0.274 e. The predicted octanol–water partition coefficient (Wildman–Crippen LogP) is 1.51. The molecule has 0 aliphatic heterocycles. The predicted molar refractivity (Wildman–Crippen MR) is 60.8 cm³/mol. The first kappa shape index (κ1) is 12.7. The van der Waals surface area contributed by atoms with Crippen molar-refractivity contribution >= 4 is 5.91 Å². The van der Waals surface area contributed by atoms with Gasteiger partial charge in [-0.3, -0.25) is 9.63 Å². The molecular weight excluding hydrogens is 206 g/mol.